The van der Waals surface area contributed by atoms with Crippen LogP contribution in [0.4, 0.5) is 5.82 Å². The van der Waals surface area contributed by atoms with E-state index in [9.17, 15) is 0 Å². The number of nitrogen functional groups attached to an aromatic ring is 1. The lowest BCUT2D eigenvalue weighted by Gasteiger charge is -2.07. The molecule has 2 aromatic heterocycles. The Morgan fingerprint density at radius 2 is 2.11 bits per heavy atom. The Hall–Kier alpha value is -1.92. The molecular weight excluding hydrogens is 268 g/mol. The molecule has 0 atom stereocenters. The van der Waals surface area contributed by atoms with E-state index in [1.807, 2.05) is 6.92 Å². The van der Waals surface area contributed by atoms with Crippen LogP contribution in [0.1, 0.15) is 12.7 Å². The molecule has 0 saturated heterocycles. The zero-order valence-corrected chi connectivity index (χ0v) is 11.1. The van der Waals surface area contributed by atoms with E-state index >= 15 is 0 Å². The van der Waals surface area contributed by atoms with Crippen molar-refractivity contribution in [1.29, 1.82) is 0 Å². The first-order valence-electron chi connectivity index (χ1n) is 5.67. The van der Waals surface area contributed by atoms with E-state index < -0.39 is 0 Å². The van der Waals surface area contributed by atoms with Gasteiger partial charge in [0.2, 0.25) is 5.88 Å². The Morgan fingerprint density at radius 1 is 1.26 bits per heavy atom. The number of hydrogen-bond acceptors (Lipinski definition) is 6. The summed E-state index contributed by atoms with van der Waals surface area (Å²) in [6.07, 6.45) is 3.05. The lowest BCUT2D eigenvalue weighted by atomic mass is 10.4. The van der Waals surface area contributed by atoms with Crippen molar-refractivity contribution < 1.29 is 9.47 Å². The fourth-order valence-corrected chi connectivity index (χ4v) is 1.54. The third-order valence-corrected chi connectivity index (χ3v) is 2.31. The highest BCUT2D eigenvalue weighted by Crippen LogP contribution is 2.22. The van der Waals surface area contributed by atoms with Crippen molar-refractivity contribution in [3.05, 3.63) is 35.4 Å². The van der Waals surface area contributed by atoms with Gasteiger partial charge in [0.25, 0.3) is 0 Å². The standard InChI is InChI=1S/C12H13ClN4O2/c1-2-18-7-11-16-10(14)4-12(17-11)19-9-3-8(13)5-15-6-9/h3-6H,2,7H2,1H3,(H2,14,16,17). The zero-order chi connectivity index (χ0) is 13.7. The van der Waals surface area contributed by atoms with E-state index in [1.165, 1.54) is 18.5 Å². The second-order valence-electron chi connectivity index (χ2n) is 3.63. The number of nitrogens with zero attached hydrogens (tertiary/aromatic N) is 3. The van der Waals surface area contributed by atoms with Gasteiger partial charge >= 0.3 is 0 Å². The molecule has 0 saturated carbocycles. The molecule has 7 heteroatoms. The van der Waals surface area contributed by atoms with Gasteiger partial charge in [-0.05, 0) is 6.92 Å². The zero-order valence-electron chi connectivity index (χ0n) is 10.3. The Balaban J connectivity index is 2.17. The van der Waals surface area contributed by atoms with Gasteiger partial charge in [-0.15, -0.1) is 0 Å². The summed E-state index contributed by atoms with van der Waals surface area (Å²) in [7, 11) is 0. The van der Waals surface area contributed by atoms with Gasteiger partial charge in [0.1, 0.15) is 18.2 Å². The molecule has 6 nitrogen and oxygen atoms in total. The maximum atomic E-state index is 5.82. The predicted octanol–water partition coefficient (Wildman–Crippen LogP) is 2.44. The number of halogens is 1. The molecule has 2 aromatic rings. The third-order valence-electron chi connectivity index (χ3n) is 2.11. The van der Waals surface area contributed by atoms with Gasteiger partial charge in [0, 0.05) is 24.9 Å². The van der Waals surface area contributed by atoms with E-state index in [0.29, 0.717) is 34.9 Å². The molecule has 2 heterocycles. The molecule has 19 heavy (non-hydrogen) atoms. The Bertz CT molecular complexity index is 565. The molecular formula is C12H13ClN4O2. The summed E-state index contributed by atoms with van der Waals surface area (Å²) >= 11 is 5.82. The van der Waals surface area contributed by atoms with E-state index in [1.54, 1.807) is 6.07 Å². The summed E-state index contributed by atoms with van der Waals surface area (Å²) in [6, 6.07) is 3.16. The van der Waals surface area contributed by atoms with Gasteiger partial charge in [0.05, 0.1) is 11.2 Å². The van der Waals surface area contributed by atoms with Gasteiger partial charge in [-0.3, -0.25) is 4.98 Å². The highest BCUT2D eigenvalue weighted by Gasteiger charge is 2.06. The molecule has 0 aliphatic rings. The monoisotopic (exact) mass is 280 g/mol. The first-order valence-corrected chi connectivity index (χ1v) is 6.04. The number of aromatic nitrogens is 3. The largest absolute Gasteiger partial charge is 0.437 e. The lowest BCUT2D eigenvalue weighted by molar-refractivity contribution is 0.128. The molecule has 0 amide bonds. The Kier molecular flexibility index (Phi) is 4.48. The number of pyridine rings is 1. The number of anilines is 1. The molecule has 2 rings (SSSR count). The van der Waals surface area contributed by atoms with Crippen LogP contribution in [0.25, 0.3) is 0 Å². The number of hydrogen-bond donors (Lipinski definition) is 1. The van der Waals surface area contributed by atoms with Crippen molar-refractivity contribution in [2.24, 2.45) is 0 Å². The Labute approximate surface area is 115 Å². The quantitative estimate of drug-likeness (QED) is 0.906. The van der Waals surface area contributed by atoms with Gasteiger partial charge < -0.3 is 15.2 Å². The first kappa shape index (κ1) is 13.5. The molecule has 0 fully saturated rings. The number of nitrogens with two attached hydrogens (primary N) is 1. The van der Waals surface area contributed by atoms with Crippen LogP contribution < -0.4 is 10.5 Å². The molecule has 0 aromatic carbocycles. The lowest BCUT2D eigenvalue weighted by Crippen LogP contribution is -2.03. The van der Waals surface area contributed by atoms with E-state index in [-0.39, 0.29) is 6.61 Å². The maximum absolute atomic E-state index is 5.82. The molecule has 100 valence electrons. The van der Waals surface area contributed by atoms with Crippen LogP contribution >= 0.6 is 11.6 Å². The summed E-state index contributed by atoms with van der Waals surface area (Å²) in [5.74, 6) is 1.58. The summed E-state index contributed by atoms with van der Waals surface area (Å²) < 4.78 is 10.8. The van der Waals surface area contributed by atoms with Crippen molar-refractivity contribution in [1.82, 2.24) is 15.0 Å². The summed E-state index contributed by atoms with van der Waals surface area (Å²) in [6.45, 7) is 2.75. The average Bonchev–Trinajstić information content (AvgIpc) is 2.35. The van der Waals surface area contributed by atoms with E-state index in [0.717, 1.165) is 0 Å². The highest BCUT2D eigenvalue weighted by molar-refractivity contribution is 6.30. The minimum absolute atomic E-state index is 0.283. The fraction of sp³-hybridized carbons (Fsp3) is 0.250. The summed E-state index contributed by atoms with van der Waals surface area (Å²) in [5.41, 5.74) is 5.69. The minimum Gasteiger partial charge on any atom is -0.437 e. The highest BCUT2D eigenvalue weighted by atomic mass is 35.5. The topological polar surface area (TPSA) is 83.2 Å². The van der Waals surface area contributed by atoms with Crippen LogP contribution in [-0.2, 0) is 11.3 Å². The molecule has 0 bridgehead atoms. The van der Waals surface area contributed by atoms with Crippen molar-refractivity contribution in [2.75, 3.05) is 12.3 Å². The summed E-state index contributed by atoms with van der Waals surface area (Å²) in [5, 5.41) is 0.481. The van der Waals surface area contributed by atoms with Gasteiger partial charge in [-0.2, -0.15) is 4.98 Å². The Morgan fingerprint density at radius 3 is 2.84 bits per heavy atom. The average molecular weight is 281 g/mol. The maximum Gasteiger partial charge on any atom is 0.224 e. The second-order valence-corrected chi connectivity index (χ2v) is 4.06. The second kappa shape index (κ2) is 6.31. The molecule has 0 unspecified atom stereocenters. The van der Waals surface area contributed by atoms with Crippen LogP contribution in [0.15, 0.2) is 24.5 Å². The minimum atomic E-state index is 0.283. The summed E-state index contributed by atoms with van der Waals surface area (Å²) in [4.78, 5) is 12.2. The molecule has 2 N–H and O–H groups in total. The number of rotatable bonds is 5. The SMILES string of the molecule is CCOCc1nc(N)cc(Oc2cncc(Cl)c2)n1. The van der Waals surface area contributed by atoms with Crippen molar-refractivity contribution in [3.63, 3.8) is 0 Å². The molecule has 0 aliphatic carbocycles. The molecule has 0 spiro atoms. The normalized spacial score (nSPS) is 10.4. The van der Waals surface area contributed by atoms with Crippen LogP contribution in [0.3, 0.4) is 0 Å². The van der Waals surface area contributed by atoms with Crippen molar-refractivity contribution in [3.8, 4) is 11.6 Å². The molecule has 0 aliphatic heterocycles. The van der Waals surface area contributed by atoms with Crippen molar-refractivity contribution >= 4 is 17.4 Å². The predicted molar refractivity (Wildman–Crippen MR) is 71.1 cm³/mol. The fourth-order valence-electron chi connectivity index (χ4n) is 1.37. The van der Waals surface area contributed by atoms with E-state index in [4.69, 9.17) is 26.8 Å². The van der Waals surface area contributed by atoms with E-state index in [2.05, 4.69) is 15.0 Å². The van der Waals surface area contributed by atoms with Gasteiger partial charge in [-0.1, -0.05) is 11.6 Å². The van der Waals surface area contributed by atoms with Crippen LogP contribution in [0.2, 0.25) is 5.02 Å². The van der Waals surface area contributed by atoms with Gasteiger partial charge in [0.15, 0.2) is 5.82 Å². The molecule has 0 radical (unpaired) electrons. The smallest absolute Gasteiger partial charge is 0.224 e. The van der Waals surface area contributed by atoms with Crippen LogP contribution in [-0.4, -0.2) is 21.6 Å². The van der Waals surface area contributed by atoms with Crippen LogP contribution in [0.5, 0.6) is 11.6 Å². The first-order chi connectivity index (χ1) is 9.17. The van der Waals surface area contributed by atoms with Gasteiger partial charge in [-0.25, -0.2) is 4.98 Å². The third kappa shape index (κ3) is 4.04. The van der Waals surface area contributed by atoms with Crippen molar-refractivity contribution in [2.45, 2.75) is 13.5 Å². The number of ether oxygens (including phenoxy) is 2. The van der Waals surface area contributed by atoms with Crippen LogP contribution in [0, 0.1) is 0 Å².